The fourth-order valence-electron chi connectivity index (χ4n) is 4.46. The summed E-state index contributed by atoms with van der Waals surface area (Å²) in [5.74, 6) is 1.35. The number of carbonyl (C=O) groups excluding carboxylic acids is 1. The first-order chi connectivity index (χ1) is 17.0. The Kier molecular flexibility index (Phi) is 6.13. The van der Waals surface area contributed by atoms with Crippen LogP contribution < -0.4 is 9.64 Å². The number of likely N-dealkylation sites (tertiary alicyclic amines) is 1. The van der Waals surface area contributed by atoms with Crippen LogP contribution in [-0.4, -0.2) is 63.3 Å². The summed E-state index contributed by atoms with van der Waals surface area (Å²) in [6.45, 7) is 0.666. The van der Waals surface area contributed by atoms with E-state index >= 15 is 0 Å². The topological polar surface area (TPSA) is 89.3 Å². The lowest BCUT2D eigenvalue weighted by atomic mass is 9.99. The van der Waals surface area contributed by atoms with E-state index in [0.717, 1.165) is 41.1 Å². The molecule has 0 spiro atoms. The van der Waals surface area contributed by atoms with Crippen molar-refractivity contribution in [1.29, 1.82) is 0 Å². The second-order valence-corrected chi connectivity index (χ2v) is 8.67. The van der Waals surface area contributed by atoms with Crippen LogP contribution in [0.4, 0.5) is 5.95 Å². The number of rotatable bonds is 6. The molecule has 0 N–H and O–H groups in total. The van der Waals surface area contributed by atoms with E-state index in [-0.39, 0.29) is 11.9 Å². The molecule has 0 aliphatic carbocycles. The van der Waals surface area contributed by atoms with Gasteiger partial charge in [0.1, 0.15) is 18.4 Å². The highest BCUT2D eigenvalue weighted by molar-refractivity contribution is 5.95. The van der Waals surface area contributed by atoms with Crippen molar-refractivity contribution in [3.05, 3.63) is 78.6 Å². The SMILES string of the molecule is COc1cccc(-c2cnc(N(C)C)nc2[C@H]2CCCN2C(=O)c2cccc(-n3cnnc3)c2)c1. The largest absolute Gasteiger partial charge is 0.497 e. The molecule has 2 aromatic carbocycles. The molecular formula is C26H27N7O2. The molecule has 1 amide bonds. The van der Waals surface area contributed by atoms with E-state index in [1.165, 1.54) is 0 Å². The standard InChI is InChI=1S/C26H27N7O2/c1-31(2)26-27-15-22(18-7-5-10-21(14-18)35-3)24(30-26)23-11-6-12-33(23)25(34)19-8-4-9-20(13-19)32-16-28-29-17-32/h4-5,7-10,13-17,23H,6,11-12H2,1-3H3/t23-/m1/s1. The Hall–Kier alpha value is -4.27. The van der Waals surface area contributed by atoms with Crippen LogP contribution in [0.3, 0.4) is 0 Å². The van der Waals surface area contributed by atoms with E-state index in [2.05, 4.69) is 15.2 Å². The molecule has 1 aliphatic heterocycles. The number of anilines is 1. The summed E-state index contributed by atoms with van der Waals surface area (Å²) in [6, 6.07) is 15.2. The minimum absolute atomic E-state index is 0.0240. The number of hydrogen-bond acceptors (Lipinski definition) is 7. The summed E-state index contributed by atoms with van der Waals surface area (Å²) in [5, 5.41) is 7.73. The highest BCUT2D eigenvalue weighted by atomic mass is 16.5. The van der Waals surface area contributed by atoms with Crippen molar-refractivity contribution in [2.75, 3.05) is 32.6 Å². The third-order valence-corrected chi connectivity index (χ3v) is 6.23. The summed E-state index contributed by atoms with van der Waals surface area (Å²) in [4.78, 5) is 27.0. The maximum Gasteiger partial charge on any atom is 0.254 e. The van der Waals surface area contributed by atoms with Gasteiger partial charge in [0.15, 0.2) is 0 Å². The van der Waals surface area contributed by atoms with Crippen LogP contribution in [0.15, 0.2) is 67.4 Å². The first kappa shape index (κ1) is 22.5. The summed E-state index contributed by atoms with van der Waals surface area (Å²) >= 11 is 0. The molecule has 9 heteroatoms. The van der Waals surface area contributed by atoms with Crippen LogP contribution in [0, 0.1) is 0 Å². The van der Waals surface area contributed by atoms with E-state index in [1.54, 1.807) is 24.3 Å². The first-order valence-corrected chi connectivity index (χ1v) is 11.5. The Morgan fingerprint density at radius 3 is 2.66 bits per heavy atom. The number of hydrogen-bond donors (Lipinski definition) is 0. The third-order valence-electron chi connectivity index (χ3n) is 6.23. The summed E-state index contributed by atoms with van der Waals surface area (Å²) in [7, 11) is 5.48. The molecule has 1 atom stereocenters. The van der Waals surface area contributed by atoms with Gasteiger partial charge in [-0.15, -0.1) is 10.2 Å². The molecule has 9 nitrogen and oxygen atoms in total. The Bertz CT molecular complexity index is 1340. The first-order valence-electron chi connectivity index (χ1n) is 11.5. The van der Waals surface area contributed by atoms with E-state index in [9.17, 15) is 4.79 Å². The highest BCUT2D eigenvalue weighted by Gasteiger charge is 2.34. The van der Waals surface area contributed by atoms with Crippen LogP contribution in [0.5, 0.6) is 5.75 Å². The molecule has 5 rings (SSSR count). The van der Waals surface area contributed by atoms with Gasteiger partial charge in [0.05, 0.1) is 18.8 Å². The number of benzene rings is 2. The molecule has 178 valence electrons. The lowest BCUT2D eigenvalue weighted by molar-refractivity contribution is 0.0733. The minimum Gasteiger partial charge on any atom is -0.497 e. The van der Waals surface area contributed by atoms with Gasteiger partial charge in [-0.05, 0) is 48.7 Å². The Morgan fingerprint density at radius 2 is 1.89 bits per heavy atom. The highest BCUT2D eigenvalue weighted by Crippen LogP contribution is 2.38. The number of aromatic nitrogens is 5. The van der Waals surface area contributed by atoms with E-state index < -0.39 is 0 Å². The van der Waals surface area contributed by atoms with Crippen molar-refractivity contribution >= 4 is 11.9 Å². The normalized spacial score (nSPS) is 15.3. The molecule has 0 bridgehead atoms. The van der Waals surface area contributed by atoms with Crippen molar-refractivity contribution in [2.45, 2.75) is 18.9 Å². The van der Waals surface area contributed by atoms with E-state index in [4.69, 9.17) is 9.72 Å². The van der Waals surface area contributed by atoms with Gasteiger partial charge in [0.25, 0.3) is 5.91 Å². The van der Waals surface area contributed by atoms with Gasteiger partial charge in [-0.2, -0.15) is 0 Å². The van der Waals surface area contributed by atoms with Crippen LogP contribution in [0.25, 0.3) is 16.8 Å². The maximum atomic E-state index is 13.7. The lowest BCUT2D eigenvalue weighted by Gasteiger charge is -2.27. The third kappa shape index (κ3) is 4.44. The zero-order valence-corrected chi connectivity index (χ0v) is 20.0. The monoisotopic (exact) mass is 469 g/mol. The molecule has 3 heterocycles. The van der Waals surface area contributed by atoms with Gasteiger partial charge in [0.2, 0.25) is 5.95 Å². The van der Waals surface area contributed by atoms with Crippen molar-refractivity contribution < 1.29 is 9.53 Å². The molecule has 35 heavy (non-hydrogen) atoms. The maximum absolute atomic E-state index is 13.7. The number of carbonyl (C=O) groups is 1. The predicted molar refractivity (Wildman–Crippen MR) is 133 cm³/mol. The Balaban J connectivity index is 1.54. The number of methoxy groups -OCH3 is 1. The van der Waals surface area contributed by atoms with Crippen LogP contribution in [-0.2, 0) is 0 Å². The number of nitrogens with zero attached hydrogens (tertiary/aromatic N) is 7. The smallest absolute Gasteiger partial charge is 0.254 e. The number of ether oxygens (including phenoxy) is 1. The zero-order chi connectivity index (χ0) is 24.4. The Morgan fingerprint density at radius 1 is 1.09 bits per heavy atom. The van der Waals surface area contributed by atoms with Gasteiger partial charge >= 0.3 is 0 Å². The molecule has 1 fully saturated rings. The molecule has 1 aliphatic rings. The summed E-state index contributed by atoms with van der Waals surface area (Å²) in [6.07, 6.45) is 6.82. The summed E-state index contributed by atoms with van der Waals surface area (Å²) < 4.78 is 7.22. The van der Waals surface area contributed by atoms with Gasteiger partial charge in [0, 0.05) is 43.7 Å². The average Bonchev–Trinajstić information content (AvgIpc) is 3.61. The van der Waals surface area contributed by atoms with Crippen molar-refractivity contribution in [2.24, 2.45) is 0 Å². The van der Waals surface area contributed by atoms with Gasteiger partial charge < -0.3 is 14.5 Å². The van der Waals surface area contributed by atoms with E-state index in [1.807, 2.05) is 78.6 Å². The average molecular weight is 470 g/mol. The lowest BCUT2D eigenvalue weighted by Crippen LogP contribution is -2.31. The molecule has 4 aromatic rings. The van der Waals surface area contributed by atoms with Crippen LogP contribution >= 0.6 is 0 Å². The van der Waals surface area contributed by atoms with Crippen molar-refractivity contribution in [3.63, 3.8) is 0 Å². The Labute approximate surface area is 204 Å². The molecule has 0 radical (unpaired) electrons. The minimum atomic E-state index is -0.163. The van der Waals surface area contributed by atoms with Crippen LogP contribution in [0.1, 0.15) is 34.9 Å². The molecule has 1 saturated heterocycles. The fraction of sp³-hybridized carbons (Fsp3) is 0.269. The molecule has 0 saturated carbocycles. The number of amides is 1. The molecular weight excluding hydrogens is 442 g/mol. The van der Waals surface area contributed by atoms with Crippen LogP contribution in [0.2, 0.25) is 0 Å². The quantitative estimate of drug-likeness (QED) is 0.425. The fourth-order valence-corrected chi connectivity index (χ4v) is 4.46. The van der Waals surface area contributed by atoms with Gasteiger partial charge in [-0.3, -0.25) is 9.36 Å². The second-order valence-electron chi connectivity index (χ2n) is 8.67. The molecule has 2 aromatic heterocycles. The van der Waals surface area contributed by atoms with Gasteiger partial charge in [-0.25, -0.2) is 9.97 Å². The second kappa shape index (κ2) is 9.54. The van der Waals surface area contributed by atoms with Gasteiger partial charge in [-0.1, -0.05) is 18.2 Å². The van der Waals surface area contributed by atoms with Crippen molar-refractivity contribution in [3.8, 4) is 22.6 Å². The van der Waals surface area contributed by atoms with E-state index in [0.29, 0.717) is 18.1 Å². The zero-order valence-electron chi connectivity index (χ0n) is 20.0. The van der Waals surface area contributed by atoms with Crippen molar-refractivity contribution in [1.82, 2.24) is 29.6 Å². The predicted octanol–water partition coefficient (Wildman–Crippen LogP) is 3.78. The molecule has 0 unspecified atom stereocenters. The summed E-state index contributed by atoms with van der Waals surface area (Å²) in [5.41, 5.74) is 4.16.